The number of non-ortho nitro benzene ring substituents is 1. The standard InChI is InChI=1S/C15H17N3O3/c1-2-6-15(19)9-17(10-15)13-3-4-14(18(20)21)12-8-16-7-5-11(12)13/h3-5,7-8,19H,2,6,9-10H2,1H3. The van der Waals surface area contributed by atoms with Crippen LogP contribution in [0, 0.1) is 10.1 Å². The predicted molar refractivity (Wildman–Crippen MR) is 80.5 cm³/mol. The SMILES string of the molecule is CCCC1(O)CN(c2ccc([N+](=O)[O-])c3cnccc23)C1. The maximum absolute atomic E-state index is 11.1. The Morgan fingerprint density at radius 3 is 2.81 bits per heavy atom. The zero-order valence-electron chi connectivity index (χ0n) is 11.8. The minimum absolute atomic E-state index is 0.0613. The summed E-state index contributed by atoms with van der Waals surface area (Å²) in [5.74, 6) is 0. The molecule has 1 N–H and O–H groups in total. The molecule has 1 aromatic heterocycles. The third-order valence-corrected chi connectivity index (χ3v) is 4.00. The molecule has 1 saturated heterocycles. The van der Waals surface area contributed by atoms with E-state index in [1.807, 2.05) is 6.92 Å². The van der Waals surface area contributed by atoms with Gasteiger partial charge in [-0.3, -0.25) is 15.1 Å². The van der Waals surface area contributed by atoms with Crippen molar-refractivity contribution >= 4 is 22.1 Å². The molecule has 0 amide bonds. The van der Waals surface area contributed by atoms with Crippen molar-refractivity contribution in [3.05, 3.63) is 40.7 Å². The summed E-state index contributed by atoms with van der Waals surface area (Å²) in [4.78, 5) is 16.7. The molecule has 1 fully saturated rings. The number of benzene rings is 1. The molecule has 6 heteroatoms. The van der Waals surface area contributed by atoms with Crippen LogP contribution in [0.25, 0.3) is 10.8 Å². The van der Waals surface area contributed by atoms with Crippen LogP contribution in [0.3, 0.4) is 0 Å². The van der Waals surface area contributed by atoms with E-state index < -0.39 is 10.5 Å². The minimum Gasteiger partial charge on any atom is -0.386 e. The van der Waals surface area contributed by atoms with Crippen LogP contribution in [-0.2, 0) is 0 Å². The quantitative estimate of drug-likeness (QED) is 0.690. The zero-order valence-corrected chi connectivity index (χ0v) is 11.8. The molecule has 0 atom stereocenters. The molecule has 1 aliphatic heterocycles. The van der Waals surface area contributed by atoms with E-state index >= 15 is 0 Å². The van der Waals surface area contributed by atoms with Gasteiger partial charge in [0.05, 0.1) is 15.9 Å². The van der Waals surface area contributed by atoms with Crippen molar-refractivity contribution in [2.45, 2.75) is 25.4 Å². The van der Waals surface area contributed by atoms with E-state index in [-0.39, 0.29) is 5.69 Å². The number of aliphatic hydroxyl groups is 1. The summed E-state index contributed by atoms with van der Waals surface area (Å²) in [6.45, 7) is 3.18. The second-order valence-electron chi connectivity index (χ2n) is 5.61. The molecule has 1 aromatic carbocycles. The zero-order chi connectivity index (χ0) is 15.0. The molecular formula is C15H17N3O3. The number of hydrogen-bond acceptors (Lipinski definition) is 5. The summed E-state index contributed by atoms with van der Waals surface area (Å²) in [5, 5.41) is 22.7. The molecule has 0 saturated carbocycles. The molecule has 2 aromatic rings. The Morgan fingerprint density at radius 2 is 2.14 bits per heavy atom. The number of fused-ring (bicyclic) bond motifs is 1. The molecule has 2 heterocycles. The molecule has 21 heavy (non-hydrogen) atoms. The summed E-state index contributed by atoms with van der Waals surface area (Å²) in [7, 11) is 0. The molecule has 6 nitrogen and oxygen atoms in total. The third-order valence-electron chi connectivity index (χ3n) is 4.00. The fraction of sp³-hybridized carbons (Fsp3) is 0.400. The molecule has 0 aliphatic carbocycles. The van der Waals surface area contributed by atoms with Crippen molar-refractivity contribution in [1.29, 1.82) is 0 Å². The number of aromatic nitrogens is 1. The molecule has 3 rings (SSSR count). The van der Waals surface area contributed by atoms with Gasteiger partial charge in [0.2, 0.25) is 0 Å². The van der Waals surface area contributed by atoms with Crippen molar-refractivity contribution < 1.29 is 10.0 Å². The Morgan fingerprint density at radius 1 is 1.38 bits per heavy atom. The van der Waals surface area contributed by atoms with Crippen LogP contribution in [0.5, 0.6) is 0 Å². The first-order valence-corrected chi connectivity index (χ1v) is 7.02. The number of nitro benzene ring substituents is 1. The Balaban J connectivity index is 1.99. The highest BCUT2D eigenvalue weighted by molar-refractivity contribution is 5.99. The number of nitro groups is 1. The van der Waals surface area contributed by atoms with Gasteiger partial charge in [-0.1, -0.05) is 13.3 Å². The maximum Gasteiger partial charge on any atom is 0.278 e. The molecule has 0 unspecified atom stereocenters. The monoisotopic (exact) mass is 287 g/mol. The normalized spacial score (nSPS) is 16.8. The lowest BCUT2D eigenvalue weighted by Crippen LogP contribution is -2.62. The second-order valence-corrected chi connectivity index (χ2v) is 5.61. The van der Waals surface area contributed by atoms with Crippen LogP contribution >= 0.6 is 0 Å². The summed E-state index contributed by atoms with van der Waals surface area (Å²) in [5.41, 5.74) is 0.348. The lowest BCUT2D eigenvalue weighted by atomic mass is 9.88. The highest BCUT2D eigenvalue weighted by Crippen LogP contribution is 2.38. The van der Waals surface area contributed by atoms with Gasteiger partial charge in [-0.15, -0.1) is 0 Å². The lowest BCUT2D eigenvalue weighted by Gasteiger charge is -2.48. The van der Waals surface area contributed by atoms with E-state index in [1.165, 1.54) is 12.3 Å². The average Bonchev–Trinajstić information content (AvgIpc) is 2.43. The first-order chi connectivity index (χ1) is 10.0. The van der Waals surface area contributed by atoms with Crippen molar-refractivity contribution in [2.75, 3.05) is 18.0 Å². The van der Waals surface area contributed by atoms with Gasteiger partial charge in [0.1, 0.15) is 0 Å². The first kappa shape index (κ1) is 13.8. The molecule has 0 bridgehead atoms. The van der Waals surface area contributed by atoms with Gasteiger partial charge in [0, 0.05) is 42.6 Å². The fourth-order valence-electron chi connectivity index (χ4n) is 3.05. The van der Waals surface area contributed by atoms with Gasteiger partial charge < -0.3 is 10.0 Å². The second kappa shape index (κ2) is 4.96. The molecule has 0 radical (unpaired) electrons. The molecule has 1 aliphatic rings. The third kappa shape index (κ3) is 2.31. The van der Waals surface area contributed by atoms with E-state index in [2.05, 4.69) is 9.88 Å². The van der Waals surface area contributed by atoms with Crippen LogP contribution in [0.1, 0.15) is 19.8 Å². The van der Waals surface area contributed by atoms with E-state index in [9.17, 15) is 15.2 Å². The Labute approximate surface area is 122 Å². The van der Waals surface area contributed by atoms with E-state index in [1.54, 1.807) is 18.3 Å². The topological polar surface area (TPSA) is 79.5 Å². The summed E-state index contributed by atoms with van der Waals surface area (Å²) in [6, 6.07) is 5.05. The van der Waals surface area contributed by atoms with Gasteiger partial charge in [0.25, 0.3) is 5.69 Å². The van der Waals surface area contributed by atoms with Crippen LogP contribution in [0.15, 0.2) is 30.6 Å². The van der Waals surface area contributed by atoms with Gasteiger partial charge in [-0.05, 0) is 18.6 Å². The number of β-amino-alcohol motifs (C(OH)–C–C–N with tert-alkyl or cyclic N) is 1. The first-order valence-electron chi connectivity index (χ1n) is 7.02. The number of hydrogen-bond donors (Lipinski definition) is 1. The average molecular weight is 287 g/mol. The Kier molecular flexibility index (Phi) is 3.25. The van der Waals surface area contributed by atoms with Crippen LogP contribution in [0.2, 0.25) is 0 Å². The number of rotatable bonds is 4. The summed E-state index contributed by atoms with van der Waals surface area (Å²) in [6.07, 6.45) is 4.87. The van der Waals surface area contributed by atoms with Crippen molar-refractivity contribution in [3.63, 3.8) is 0 Å². The van der Waals surface area contributed by atoms with Crippen molar-refractivity contribution in [1.82, 2.24) is 4.98 Å². The largest absolute Gasteiger partial charge is 0.386 e. The van der Waals surface area contributed by atoms with Gasteiger partial charge >= 0.3 is 0 Å². The van der Waals surface area contributed by atoms with Crippen molar-refractivity contribution in [3.8, 4) is 0 Å². The van der Waals surface area contributed by atoms with Crippen LogP contribution < -0.4 is 4.90 Å². The van der Waals surface area contributed by atoms with Gasteiger partial charge in [-0.25, -0.2) is 0 Å². The van der Waals surface area contributed by atoms with Gasteiger partial charge in [-0.2, -0.15) is 0 Å². The summed E-state index contributed by atoms with van der Waals surface area (Å²) < 4.78 is 0. The highest BCUT2D eigenvalue weighted by Gasteiger charge is 2.41. The van der Waals surface area contributed by atoms with E-state index in [4.69, 9.17) is 0 Å². The van der Waals surface area contributed by atoms with Gasteiger partial charge in [0.15, 0.2) is 0 Å². The smallest absolute Gasteiger partial charge is 0.278 e. The number of pyridine rings is 1. The Hall–Kier alpha value is -2.21. The van der Waals surface area contributed by atoms with Crippen LogP contribution in [0.4, 0.5) is 11.4 Å². The number of nitrogens with zero attached hydrogens (tertiary/aromatic N) is 3. The molecule has 110 valence electrons. The molecular weight excluding hydrogens is 270 g/mol. The van der Waals surface area contributed by atoms with E-state index in [0.29, 0.717) is 18.5 Å². The predicted octanol–water partition coefficient (Wildman–Crippen LogP) is 2.49. The lowest BCUT2D eigenvalue weighted by molar-refractivity contribution is -0.383. The minimum atomic E-state index is -0.629. The summed E-state index contributed by atoms with van der Waals surface area (Å²) >= 11 is 0. The van der Waals surface area contributed by atoms with Crippen LogP contribution in [-0.4, -0.2) is 33.7 Å². The Bertz CT molecular complexity index is 696. The van der Waals surface area contributed by atoms with E-state index in [0.717, 1.165) is 23.9 Å². The fourth-order valence-corrected chi connectivity index (χ4v) is 3.05. The molecule has 0 spiro atoms. The highest BCUT2D eigenvalue weighted by atomic mass is 16.6. The number of anilines is 1. The van der Waals surface area contributed by atoms with Crippen molar-refractivity contribution in [2.24, 2.45) is 0 Å². The maximum atomic E-state index is 11.1.